The van der Waals surface area contributed by atoms with Crippen LogP contribution in [0.4, 0.5) is 5.69 Å². The number of piperidine rings is 1. The monoisotopic (exact) mass is 371 g/mol. The minimum absolute atomic E-state index is 0.0401. The Labute approximate surface area is 158 Å². The van der Waals surface area contributed by atoms with Crippen LogP contribution in [0.25, 0.3) is 0 Å². The van der Waals surface area contributed by atoms with E-state index in [4.69, 9.17) is 4.52 Å². The SMILES string of the molecule is Cc1noc(CC(=O)N2CCCC(Nc3ccccc3)(C(=O)N(C)C)C2)n1. The second kappa shape index (κ2) is 7.77. The third-order valence-corrected chi connectivity index (χ3v) is 4.69. The number of nitrogens with zero attached hydrogens (tertiary/aromatic N) is 4. The predicted molar refractivity (Wildman–Crippen MR) is 100 cm³/mol. The van der Waals surface area contributed by atoms with Gasteiger partial charge in [0, 0.05) is 26.3 Å². The first-order valence-corrected chi connectivity index (χ1v) is 9.01. The Hall–Kier alpha value is -2.90. The molecule has 1 N–H and O–H groups in total. The van der Waals surface area contributed by atoms with Crippen LogP contribution in [0.2, 0.25) is 0 Å². The smallest absolute Gasteiger partial charge is 0.249 e. The number of nitrogens with one attached hydrogen (secondary N) is 1. The number of aryl methyl sites for hydroxylation is 1. The molecule has 0 aliphatic carbocycles. The van der Waals surface area contributed by atoms with Crippen LogP contribution in [0.1, 0.15) is 24.6 Å². The van der Waals surface area contributed by atoms with Crippen molar-refractivity contribution in [2.45, 2.75) is 31.7 Å². The summed E-state index contributed by atoms with van der Waals surface area (Å²) in [6.45, 7) is 2.61. The third-order valence-electron chi connectivity index (χ3n) is 4.69. The standard InChI is InChI=1S/C19H25N5O3/c1-14-20-16(27-22-14)12-17(25)24-11-7-10-19(13-24,18(26)23(2)3)21-15-8-5-4-6-9-15/h4-6,8-9,21H,7,10-13H2,1-3H3. The van der Waals surface area contributed by atoms with E-state index >= 15 is 0 Å². The van der Waals surface area contributed by atoms with Gasteiger partial charge < -0.3 is 19.6 Å². The first kappa shape index (κ1) is 18.9. The number of carbonyl (C=O) groups excluding carboxylic acids is 2. The highest BCUT2D eigenvalue weighted by Crippen LogP contribution is 2.28. The van der Waals surface area contributed by atoms with Crippen molar-refractivity contribution in [2.75, 3.05) is 32.5 Å². The van der Waals surface area contributed by atoms with Gasteiger partial charge in [0.1, 0.15) is 12.0 Å². The van der Waals surface area contributed by atoms with Gasteiger partial charge in [0.15, 0.2) is 5.82 Å². The fourth-order valence-corrected chi connectivity index (χ4v) is 3.48. The fourth-order valence-electron chi connectivity index (χ4n) is 3.48. The Morgan fingerprint density at radius 3 is 2.67 bits per heavy atom. The number of aromatic nitrogens is 2. The summed E-state index contributed by atoms with van der Waals surface area (Å²) >= 11 is 0. The van der Waals surface area contributed by atoms with Crippen LogP contribution in [0.15, 0.2) is 34.9 Å². The quantitative estimate of drug-likeness (QED) is 0.856. The lowest BCUT2D eigenvalue weighted by Gasteiger charge is -2.43. The molecule has 1 aromatic heterocycles. The van der Waals surface area contributed by atoms with Crippen LogP contribution in [-0.4, -0.2) is 64.5 Å². The van der Waals surface area contributed by atoms with Crippen LogP contribution >= 0.6 is 0 Å². The third kappa shape index (κ3) is 4.27. The molecule has 3 rings (SSSR count). The van der Waals surface area contributed by atoms with E-state index in [1.807, 2.05) is 30.3 Å². The summed E-state index contributed by atoms with van der Waals surface area (Å²) in [4.78, 5) is 33.2. The largest absolute Gasteiger partial charge is 0.370 e. The molecule has 1 saturated heterocycles. The van der Waals surface area contributed by atoms with Crippen molar-refractivity contribution < 1.29 is 14.1 Å². The highest BCUT2D eigenvalue weighted by atomic mass is 16.5. The van der Waals surface area contributed by atoms with Gasteiger partial charge in [-0.2, -0.15) is 4.98 Å². The summed E-state index contributed by atoms with van der Waals surface area (Å²) < 4.78 is 5.06. The summed E-state index contributed by atoms with van der Waals surface area (Å²) in [5, 5.41) is 7.11. The van der Waals surface area contributed by atoms with E-state index < -0.39 is 5.54 Å². The average molecular weight is 371 g/mol. The summed E-state index contributed by atoms with van der Waals surface area (Å²) in [5.74, 6) is 0.629. The van der Waals surface area contributed by atoms with Crippen LogP contribution in [-0.2, 0) is 16.0 Å². The van der Waals surface area contributed by atoms with E-state index in [-0.39, 0.29) is 18.2 Å². The maximum absolute atomic E-state index is 13.0. The van der Waals surface area contributed by atoms with Crippen LogP contribution in [0.3, 0.4) is 0 Å². The van der Waals surface area contributed by atoms with Crippen molar-refractivity contribution in [3.63, 3.8) is 0 Å². The number of anilines is 1. The molecule has 8 nitrogen and oxygen atoms in total. The van der Waals surface area contributed by atoms with Crippen molar-refractivity contribution in [3.8, 4) is 0 Å². The fraction of sp³-hybridized carbons (Fsp3) is 0.474. The number of hydrogen-bond donors (Lipinski definition) is 1. The lowest BCUT2D eigenvalue weighted by atomic mass is 9.86. The summed E-state index contributed by atoms with van der Waals surface area (Å²) in [6, 6.07) is 9.60. The van der Waals surface area contributed by atoms with E-state index in [1.54, 1.807) is 30.8 Å². The molecule has 144 valence electrons. The molecule has 1 atom stereocenters. The molecule has 2 heterocycles. The second-order valence-electron chi connectivity index (χ2n) is 7.10. The first-order valence-electron chi connectivity index (χ1n) is 9.01. The van der Waals surface area contributed by atoms with Crippen molar-refractivity contribution in [1.82, 2.24) is 19.9 Å². The van der Waals surface area contributed by atoms with Crippen molar-refractivity contribution in [2.24, 2.45) is 0 Å². The lowest BCUT2D eigenvalue weighted by molar-refractivity contribution is -0.139. The highest BCUT2D eigenvalue weighted by Gasteiger charge is 2.44. The average Bonchev–Trinajstić information content (AvgIpc) is 3.06. The molecule has 0 saturated carbocycles. The Morgan fingerprint density at radius 1 is 1.30 bits per heavy atom. The molecule has 0 bridgehead atoms. The molecule has 2 amide bonds. The number of carbonyl (C=O) groups is 2. The second-order valence-corrected chi connectivity index (χ2v) is 7.10. The molecule has 1 fully saturated rings. The van der Waals surface area contributed by atoms with Gasteiger partial charge in [-0.1, -0.05) is 23.4 Å². The number of hydrogen-bond acceptors (Lipinski definition) is 6. The van der Waals surface area contributed by atoms with Gasteiger partial charge in [-0.05, 0) is 31.9 Å². The Bertz CT molecular complexity index is 805. The van der Waals surface area contributed by atoms with Crippen molar-refractivity contribution in [3.05, 3.63) is 42.0 Å². The zero-order valence-corrected chi connectivity index (χ0v) is 15.9. The molecule has 8 heteroatoms. The Morgan fingerprint density at radius 2 is 2.04 bits per heavy atom. The number of para-hydroxylation sites is 1. The van der Waals surface area contributed by atoms with E-state index in [0.29, 0.717) is 31.2 Å². The summed E-state index contributed by atoms with van der Waals surface area (Å²) in [7, 11) is 3.47. The zero-order valence-electron chi connectivity index (χ0n) is 15.9. The maximum atomic E-state index is 13.0. The number of likely N-dealkylation sites (tertiary alicyclic amines) is 1. The van der Waals surface area contributed by atoms with E-state index in [0.717, 1.165) is 12.1 Å². The molecule has 1 aromatic carbocycles. The molecular formula is C19H25N5O3. The number of rotatable bonds is 5. The highest BCUT2D eigenvalue weighted by molar-refractivity contribution is 5.91. The minimum Gasteiger partial charge on any atom is -0.370 e. The van der Waals surface area contributed by atoms with Gasteiger partial charge in [0.25, 0.3) is 0 Å². The van der Waals surface area contributed by atoms with Gasteiger partial charge in [0.2, 0.25) is 17.7 Å². The van der Waals surface area contributed by atoms with E-state index in [1.165, 1.54) is 0 Å². The van der Waals surface area contributed by atoms with Gasteiger partial charge in [-0.15, -0.1) is 0 Å². The van der Waals surface area contributed by atoms with Crippen LogP contribution < -0.4 is 5.32 Å². The number of amides is 2. The molecule has 1 unspecified atom stereocenters. The molecular weight excluding hydrogens is 346 g/mol. The molecule has 2 aromatic rings. The number of benzene rings is 1. The lowest BCUT2D eigenvalue weighted by Crippen LogP contribution is -2.62. The minimum atomic E-state index is -0.858. The normalized spacial score (nSPS) is 19.6. The topological polar surface area (TPSA) is 91.6 Å². The Kier molecular flexibility index (Phi) is 5.43. The van der Waals surface area contributed by atoms with Gasteiger partial charge >= 0.3 is 0 Å². The predicted octanol–water partition coefficient (Wildman–Crippen LogP) is 1.48. The van der Waals surface area contributed by atoms with Gasteiger partial charge in [0.05, 0.1) is 6.54 Å². The maximum Gasteiger partial charge on any atom is 0.249 e. The molecule has 1 aliphatic heterocycles. The Balaban J connectivity index is 1.80. The van der Waals surface area contributed by atoms with Gasteiger partial charge in [-0.3, -0.25) is 9.59 Å². The molecule has 0 radical (unpaired) electrons. The number of likely N-dealkylation sites (N-methyl/N-ethyl adjacent to an activating group) is 1. The van der Waals surface area contributed by atoms with Crippen LogP contribution in [0, 0.1) is 6.92 Å². The van der Waals surface area contributed by atoms with Crippen molar-refractivity contribution >= 4 is 17.5 Å². The van der Waals surface area contributed by atoms with Gasteiger partial charge in [-0.25, -0.2) is 0 Å². The summed E-state index contributed by atoms with van der Waals surface area (Å²) in [5.41, 5.74) is -0.00157. The first-order chi connectivity index (χ1) is 12.9. The summed E-state index contributed by atoms with van der Waals surface area (Å²) in [6.07, 6.45) is 1.43. The molecule has 27 heavy (non-hydrogen) atoms. The zero-order chi connectivity index (χ0) is 19.4. The van der Waals surface area contributed by atoms with Crippen molar-refractivity contribution in [1.29, 1.82) is 0 Å². The van der Waals surface area contributed by atoms with E-state index in [9.17, 15) is 9.59 Å². The van der Waals surface area contributed by atoms with Crippen LogP contribution in [0.5, 0.6) is 0 Å². The molecule has 0 spiro atoms. The molecule has 1 aliphatic rings. The van der Waals surface area contributed by atoms with E-state index in [2.05, 4.69) is 15.5 Å².